The summed E-state index contributed by atoms with van der Waals surface area (Å²) in [6.45, 7) is 2.81. The van der Waals surface area contributed by atoms with Crippen molar-refractivity contribution >= 4 is 5.97 Å². The van der Waals surface area contributed by atoms with Crippen molar-refractivity contribution in [2.75, 3.05) is 13.7 Å². The molecule has 118 valence electrons. The molecule has 0 radical (unpaired) electrons. The molecule has 0 aliphatic carbocycles. The molecule has 0 amide bonds. The topological polar surface area (TPSA) is 55.8 Å². The van der Waals surface area contributed by atoms with E-state index < -0.39 is 5.97 Å². The number of ether oxygens (including phenoxy) is 2. The molecule has 0 heterocycles. The first-order valence-electron chi connectivity index (χ1n) is 7.73. The minimum atomic E-state index is -0.960. The largest absolute Gasteiger partial charge is 0.493 e. The van der Waals surface area contributed by atoms with Gasteiger partial charge in [0.15, 0.2) is 11.5 Å². The normalized spacial score (nSPS) is 10.4. The second kappa shape index (κ2) is 10.1. The molecule has 0 atom stereocenters. The first kappa shape index (κ1) is 17.3. The number of carboxylic acids is 1. The molecule has 0 bridgehead atoms. The zero-order chi connectivity index (χ0) is 15.5. The van der Waals surface area contributed by atoms with Crippen LogP contribution in [0.25, 0.3) is 0 Å². The van der Waals surface area contributed by atoms with Crippen LogP contribution in [-0.4, -0.2) is 24.8 Å². The predicted octanol–water partition coefficient (Wildman–Crippen LogP) is 4.52. The van der Waals surface area contributed by atoms with Crippen molar-refractivity contribution in [1.29, 1.82) is 0 Å². The number of unbranched alkanes of at least 4 members (excludes halogenated alkanes) is 6. The second-order valence-corrected chi connectivity index (χ2v) is 5.14. The average Bonchev–Trinajstić information content (AvgIpc) is 2.49. The number of rotatable bonds is 11. The third-order valence-electron chi connectivity index (χ3n) is 3.42. The highest BCUT2D eigenvalue weighted by Gasteiger charge is 2.09. The Labute approximate surface area is 127 Å². The van der Waals surface area contributed by atoms with E-state index in [2.05, 4.69) is 6.92 Å². The highest BCUT2D eigenvalue weighted by molar-refractivity contribution is 5.88. The van der Waals surface area contributed by atoms with Gasteiger partial charge in [0, 0.05) is 0 Å². The summed E-state index contributed by atoms with van der Waals surface area (Å²) in [5, 5.41) is 8.99. The molecule has 0 fully saturated rings. The molecule has 0 saturated heterocycles. The van der Waals surface area contributed by atoms with E-state index >= 15 is 0 Å². The van der Waals surface area contributed by atoms with Crippen LogP contribution >= 0.6 is 0 Å². The lowest BCUT2D eigenvalue weighted by atomic mass is 10.1. The van der Waals surface area contributed by atoms with Crippen LogP contribution in [0.1, 0.15) is 62.2 Å². The monoisotopic (exact) mass is 294 g/mol. The molecule has 0 aliphatic heterocycles. The summed E-state index contributed by atoms with van der Waals surface area (Å²) in [6, 6.07) is 4.66. The van der Waals surface area contributed by atoms with Crippen molar-refractivity contribution in [3.63, 3.8) is 0 Å². The highest BCUT2D eigenvalue weighted by Crippen LogP contribution is 2.28. The van der Waals surface area contributed by atoms with E-state index in [0.29, 0.717) is 18.1 Å². The first-order chi connectivity index (χ1) is 10.2. The summed E-state index contributed by atoms with van der Waals surface area (Å²) in [4.78, 5) is 11.0. The fraction of sp³-hybridized carbons (Fsp3) is 0.588. The van der Waals surface area contributed by atoms with Crippen molar-refractivity contribution < 1.29 is 19.4 Å². The Morgan fingerprint density at radius 1 is 1.05 bits per heavy atom. The summed E-state index contributed by atoms with van der Waals surface area (Å²) in [6.07, 6.45) is 8.53. The number of methoxy groups -OCH3 is 1. The smallest absolute Gasteiger partial charge is 0.335 e. The summed E-state index contributed by atoms with van der Waals surface area (Å²) < 4.78 is 10.8. The molecule has 0 saturated carbocycles. The third-order valence-corrected chi connectivity index (χ3v) is 3.42. The maximum absolute atomic E-state index is 11.0. The Hall–Kier alpha value is -1.71. The van der Waals surface area contributed by atoms with Crippen LogP contribution in [-0.2, 0) is 0 Å². The zero-order valence-corrected chi connectivity index (χ0v) is 13.1. The molecule has 1 aromatic rings. The van der Waals surface area contributed by atoms with Gasteiger partial charge in [-0.3, -0.25) is 0 Å². The van der Waals surface area contributed by atoms with Gasteiger partial charge in [-0.1, -0.05) is 45.4 Å². The Morgan fingerprint density at radius 3 is 2.33 bits per heavy atom. The fourth-order valence-electron chi connectivity index (χ4n) is 2.16. The number of hydrogen-bond acceptors (Lipinski definition) is 3. The molecule has 1 N–H and O–H groups in total. The van der Waals surface area contributed by atoms with Gasteiger partial charge in [-0.2, -0.15) is 0 Å². The molecule has 4 heteroatoms. The molecule has 0 spiro atoms. The van der Waals surface area contributed by atoms with Crippen molar-refractivity contribution in [1.82, 2.24) is 0 Å². The number of carboxylic acid groups (broad SMARTS) is 1. The number of aromatic carboxylic acids is 1. The Bertz CT molecular complexity index is 429. The van der Waals surface area contributed by atoms with Gasteiger partial charge in [-0.05, 0) is 24.6 Å². The van der Waals surface area contributed by atoms with Gasteiger partial charge in [0.2, 0.25) is 0 Å². The first-order valence-corrected chi connectivity index (χ1v) is 7.73. The van der Waals surface area contributed by atoms with Crippen molar-refractivity contribution in [3.05, 3.63) is 23.8 Å². The molecule has 0 unspecified atom stereocenters. The van der Waals surface area contributed by atoms with Gasteiger partial charge in [0.25, 0.3) is 0 Å². The second-order valence-electron chi connectivity index (χ2n) is 5.14. The number of carbonyl (C=O) groups is 1. The highest BCUT2D eigenvalue weighted by atomic mass is 16.5. The maximum Gasteiger partial charge on any atom is 0.335 e. The molecular weight excluding hydrogens is 268 g/mol. The van der Waals surface area contributed by atoms with Crippen molar-refractivity contribution in [2.24, 2.45) is 0 Å². The fourth-order valence-corrected chi connectivity index (χ4v) is 2.16. The standard InChI is InChI=1S/C17H26O4/c1-3-4-5-6-7-8-9-12-21-16-13-14(17(18)19)10-11-15(16)20-2/h10-11,13H,3-9,12H2,1-2H3,(H,18,19). The third kappa shape index (κ3) is 6.52. The van der Waals surface area contributed by atoms with E-state index in [0.717, 1.165) is 12.8 Å². The number of hydrogen-bond donors (Lipinski definition) is 1. The minimum absolute atomic E-state index is 0.213. The minimum Gasteiger partial charge on any atom is -0.493 e. The molecule has 21 heavy (non-hydrogen) atoms. The Kier molecular flexibility index (Phi) is 8.32. The summed E-state index contributed by atoms with van der Waals surface area (Å²) >= 11 is 0. The van der Waals surface area contributed by atoms with Crippen LogP contribution in [0.5, 0.6) is 11.5 Å². The van der Waals surface area contributed by atoms with Gasteiger partial charge >= 0.3 is 5.97 Å². The summed E-state index contributed by atoms with van der Waals surface area (Å²) in [7, 11) is 1.55. The van der Waals surface area contributed by atoms with Crippen LogP contribution in [0.15, 0.2) is 18.2 Å². The van der Waals surface area contributed by atoms with Crippen LogP contribution in [0.2, 0.25) is 0 Å². The lowest BCUT2D eigenvalue weighted by Crippen LogP contribution is -2.02. The molecular formula is C17H26O4. The molecule has 0 aromatic heterocycles. The van der Waals surface area contributed by atoms with Gasteiger partial charge in [-0.25, -0.2) is 4.79 Å². The zero-order valence-electron chi connectivity index (χ0n) is 13.1. The van der Waals surface area contributed by atoms with E-state index in [1.54, 1.807) is 13.2 Å². The van der Waals surface area contributed by atoms with Crippen LogP contribution in [0.4, 0.5) is 0 Å². The van der Waals surface area contributed by atoms with Crippen LogP contribution in [0, 0.1) is 0 Å². The van der Waals surface area contributed by atoms with Gasteiger partial charge in [0.05, 0.1) is 19.3 Å². The Morgan fingerprint density at radius 2 is 1.71 bits per heavy atom. The molecule has 1 rings (SSSR count). The van der Waals surface area contributed by atoms with E-state index in [4.69, 9.17) is 14.6 Å². The lowest BCUT2D eigenvalue weighted by molar-refractivity contribution is 0.0696. The van der Waals surface area contributed by atoms with E-state index in [1.165, 1.54) is 44.2 Å². The van der Waals surface area contributed by atoms with E-state index in [1.807, 2.05) is 0 Å². The number of benzene rings is 1. The van der Waals surface area contributed by atoms with Crippen molar-refractivity contribution in [2.45, 2.75) is 51.9 Å². The summed E-state index contributed by atoms with van der Waals surface area (Å²) in [5.41, 5.74) is 0.213. The Balaban J connectivity index is 2.33. The van der Waals surface area contributed by atoms with Gasteiger partial charge in [-0.15, -0.1) is 0 Å². The van der Waals surface area contributed by atoms with E-state index in [9.17, 15) is 4.79 Å². The van der Waals surface area contributed by atoms with Crippen LogP contribution < -0.4 is 9.47 Å². The summed E-state index contributed by atoms with van der Waals surface area (Å²) in [5.74, 6) is 0.116. The SMILES string of the molecule is CCCCCCCCCOc1cc(C(=O)O)ccc1OC. The molecule has 0 aliphatic rings. The molecule has 1 aromatic carbocycles. The predicted molar refractivity (Wildman–Crippen MR) is 83.4 cm³/mol. The van der Waals surface area contributed by atoms with Crippen LogP contribution in [0.3, 0.4) is 0 Å². The quantitative estimate of drug-likeness (QED) is 0.609. The van der Waals surface area contributed by atoms with Gasteiger partial charge < -0.3 is 14.6 Å². The maximum atomic E-state index is 11.0. The van der Waals surface area contributed by atoms with E-state index in [-0.39, 0.29) is 5.56 Å². The van der Waals surface area contributed by atoms with Gasteiger partial charge in [0.1, 0.15) is 0 Å². The average molecular weight is 294 g/mol. The molecule has 4 nitrogen and oxygen atoms in total. The lowest BCUT2D eigenvalue weighted by Gasteiger charge is -2.11. The van der Waals surface area contributed by atoms with Crippen molar-refractivity contribution in [3.8, 4) is 11.5 Å².